The number of aliphatic carboxylic acids is 1. The Labute approximate surface area is 170 Å². The second-order valence-corrected chi connectivity index (χ2v) is 8.37. The van der Waals surface area contributed by atoms with E-state index in [1.54, 1.807) is 0 Å². The Balaban J connectivity index is 1.48. The van der Waals surface area contributed by atoms with Gasteiger partial charge in [-0.05, 0) is 30.9 Å². The first-order chi connectivity index (χ1) is 14.2. The molecule has 2 aromatic carbocycles. The number of nitrogens with zero attached hydrogens (tertiary/aromatic N) is 3. The van der Waals surface area contributed by atoms with Crippen LogP contribution in [0, 0.1) is 11.3 Å². The molecule has 1 saturated carbocycles. The maximum atomic E-state index is 12.0. The summed E-state index contributed by atoms with van der Waals surface area (Å²) in [6.07, 6.45) is 4.96. The lowest BCUT2D eigenvalue weighted by atomic mass is 9.81. The van der Waals surface area contributed by atoms with Gasteiger partial charge in [-0.25, -0.2) is 4.68 Å². The van der Waals surface area contributed by atoms with Crippen LogP contribution in [0.5, 0.6) is 0 Å². The lowest BCUT2D eigenvalue weighted by molar-refractivity contribution is -0.149. The van der Waals surface area contributed by atoms with Crippen molar-refractivity contribution in [3.8, 4) is 16.9 Å². The van der Waals surface area contributed by atoms with E-state index >= 15 is 0 Å². The van der Waals surface area contributed by atoms with Gasteiger partial charge < -0.3 is 5.11 Å². The first-order valence-electron chi connectivity index (χ1n) is 10.3. The van der Waals surface area contributed by atoms with Crippen LogP contribution in [0.25, 0.3) is 16.9 Å². The quantitative estimate of drug-likeness (QED) is 0.712. The van der Waals surface area contributed by atoms with Crippen molar-refractivity contribution in [3.63, 3.8) is 0 Å². The summed E-state index contributed by atoms with van der Waals surface area (Å²) >= 11 is 0. The molecule has 1 aromatic heterocycles. The Morgan fingerprint density at radius 1 is 1.10 bits per heavy atom. The number of carbonyl (C=O) groups is 1. The molecule has 148 valence electrons. The van der Waals surface area contributed by atoms with Gasteiger partial charge in [-0.1, -0.05) is 55.0 Å². The number of aromatic nitrogens is 2. The van der Waals surface area contributed by atoms with Gasteiger partial charge in [-0.15, -0.1) is 0 Å². The van der Waals surface area contributed by atoms with Crippen LogP contribution >= 0.6 is 0 Å². The van der Waals surface area contributed by atoms with E-state index in [9.17, 15) is 9.90 Å². The van der Waals surface area contributed by atoms with E-state index in [1.165, 1.54) is 0 Å². The maximum absolute atomic E-state index is 12.0. The van der Waals surface area contributed by atoms with E-state index in [0.717, 1.165) is 54.9 Å². The van der Waals surface area contributed by atoms with Crippen molar-refractivity contribution in [1.29, 1.82) is 0 Å². The molecule has 0 unspecified atom stereocenters. The van der Waals surface area contributed by atoms with Crippen LogP contribution in [0.15, 0.2) is 66.9 Å². The predicted octanol–water partition coefficient (Wildman–Crippen LogP) is 4.23. The third-order valence-corrected chi connectivity index (χ3v) is 6.62. The van der Waals surface area contributed by atoms with Gasteiger partial charge >= 0.3 is 5.97 Å². The highest BCUT2D eigenvalue weighted by Crippen LogP contribution is 2.49. The normalized spacial score (nSPS) is 23.9. The molecule has 2 atom stereocenters. The van der Waals surface area contributed by atoms with Crippen molar-refractivity contribution in [1.82, 2.24) is 14.7 Å². The van der Waals surface area contributed by atoms with Crippen molar-refractivity contribution in [3.05, 3.63) is 72.4 Å². The smallest absolute Gasteiger partial charge is 0.311 e. The number of para-hydroxylation sites is 1. The summed E-state index contributed by atoms with van der Waals surface area (Å²) in [5.41, 5.74) is 3.67. The molecule has 2 aliphatic rings. The fraction of sp³-hybridized carbons (Fsp3) is 0.333. The SMILES string of the molecule is O=C(O)[C@@]12CCC[C@H]1CN(Cc1cn(-c3ccccc3)nc1-c1ccccc1)C2. The third kappa shape index (κ3) is 3.15. The second kappa shape index (κ2) is 7.16. The Morgan fingerprint density at radius 3 is 2.52 bits per heavy atom. The average molecular weight is 387 g/mol. The zero-order valence-electron chi connectivity index (χ0n) is 16.4. The summed E-state index contributed by atoms with van der Waals surface area (Å²) in [6.45, 7) is 2.22. The molecule has 5 nitrogen and oxygen atoms in total. The van der Waals surface area contributed by atoms with Crippen molar-refractivity contribution < 1.29 is 9.90 Å². The Morgan fingerprint density at radius 2 is 1.83 bits per heavy atom. The van der Waals surface area contributed by atoms with Gasteiger partial charge in [0.25, 0.3) is 0 Å². The molecule has 29 heavy (non-hydrogen) atoms. The molecular weight excluding hydrogens is 362 g/mol. The van der Waals surface area contributed by atoms with E-state index in [0.29, 0.717) is 6.54 Å². The molecule has 1 N–H and O–H groups in total. The van der Waals surface area contributed by atoms with Gasteiger partial charge in [0.15, 0.2) is 0 Å². The zero-order chi connectivity index (χ0) is 19.8. The van der Waals surface area contributed by atoms with E-state index in [4.69, 9.17) is 5.10 Å². The molecular formula is C24H25N3O2. The lowest BCUT2D eigenvalue weighted by Crippen LogP contribution is -2.35. The van der Waals surface area contributed by atoms with Gasteiger partial charge in [0.1, 0.15) is 0 Å². The minimum absolute atomic E-state index is 0.268. The number of rotatable bonds is 5. The molecule has 0 amide bonds. The van der Waals surface area contributed by atoms with Crippen molar-refractivity contribution in [2.75, 3.05) is 13.1 Å². The average Bonchev–Trinajstić information content (AvgIpc) is 3.42. The van der Waals surface area contributed by atoms with Gasteiger partial charge in [0.2, 0.25) is 0 Å². The van der Waals surface area contributed by atoms with Crippen molar-refractivity contribution in [2.24, 2.45) is 11.3 Å². The zero-order valence-corrected chi connectivity index (χ0v) is 16.4. The number of fused-ring (bicyclic) bond motifs is 1. The minimum Gasteiger partial charge on any atom is -0.481 e. The monoisotopic (exact) mass is 387 g/mol. The van der Waals surface area contributed by atoms with Crippen LogP contribution in [0.4, 0.5) is 0 Å². The number of likely N-dealkylation sites (tertiary alicyclic amines) is 1. The van der Waals surface area contributed by atoms with Crippen LogP contribution in [-0.2, 0) is 11.3 Å². The molecule has 3 aromatic rings. The van der Waals surface area contributed by atoms with Crippen LogP contribution < -0.4 is 0 Å². The second-order valence-electron chi connectivity index (χ2n) is 8.37. The lowest BCUT2D eigenvalue weighted by Gasteiger charge is -2.23. The largest absolute Gasteiger partial charge is 0.481 e. The number of hydrogen-bond donors (Lipinski definition) is 1. The summed E-state index contributed by atoms with van der Waals surface area (Å²) < 4.78 is 1.93. The first kappa shape index (κ1) is 18.1. The Hall–Kier alpha value is -2.92. The maximum Gasteiger partial charge on any atom is 0.311 e. The van der Waals surface area contributed by atoms with Gasteiger partial charge in [0.05, 0.1) is 16.8 Å². The minimum atomic E-state index is -0.620. The van der Waals surface area contributed by atoms with Crippen LogP contribution in [0.3, 0.4) is 0 Å². The first-order valence-corrected chi connectivity index (χ1v) is 10.3. The van der Waals surface area contributed by atoms with E-state index in [2.05, 4.69) is 23.2 Å². The van der Waals surface area contributed by atoms with Crippen LogP contribution in [0.1, 0.15) is 24.8 Å². The topological polar surface area (TPSA) is 58.4 Å². The van der Waals surface area contributed by atoms with Crippen molar-refractivity contribution in [2.45, 2.75) is 25.8 Å². The molecule has 5 rings (SSSR count). The van der Waals surface area contributed by atoms with Crippen molar-refractivity contribution >= 4 is 5.97 Å². The Bertz CT molecular complexity index is 1020. The highest BCUT2D eigenvalue weighted by atomic mass is 16.4. The number of carboxylic acid groups (broad SMARTS) is 1. The molecule has 2 fully saturated rings. The van der Waals surface area contributed by atoms with Gasteiger partial charge in [0, 0.05) is 37.0 Å². The summed E-state index contributed by atoms with van der Waals surface area (Å²) in [5.74, 6) is -0.352. The summed E-state index contributed by atoms with van der Waals surface area (Å²) in [6, 6.07) is 20.3. The van der Waals surface area contributed by atoms with Gasteiger partial charge in [-0.3, -0.25) is 9.69 Å². The summed E-state index contributed by atoms with van der Waals surface area (Å²) in [7, 11) is 0. The fourth-order valence-electron chi connectivity index (χ4n) is 5.18. The van der Waals surface area contributed by atoms with Gasteiger partial charge in [-0.2, -0.15) is 5.10 Å². The molecule has 2 heterocycles. The highest BCUT2D eigenvalue weighted by molar-refractivity contribution is 5.76. The molecule has 0 spiro atoms. The Kier molecular flexibility index (Phi) is 4.47. The molecule has 0 radical (unpaired) electrons. The van der Waals surface area contributed by atoms with E-state index in [1.807, 2.05) is 53.2 Å². The molecule has 1 aliphatic heterocycles. The predicted molar refractivity (Wildman–Crippen MR) is 112 cm³/mol. The number of hydrogen-bond acceptors (Lipinski definition) is 3. The molecule has 1 aliphatic carbocycles. The number of benzene rings is 2. The highest BCUT2D eigenvalue weighted by Gasteiger charge is 2.54. The number of carboxylic acids is 1. The molecule has 0 bridgehead atoms. The molecule has 1 saturated heterocycles. The van der Waals surface area contributed by atoms with Crippen LogP contribution in [0.2, 0.25) is 0 Å². The van der Waals surface area contributed by atoms with E-state index < -0.39 is 11.4 Å². The third-order valence-electron chi connectivity index (χ3n) is 6.62. The summed E-state index contributed by atoms with van der Waals surface area (Å²) in [4.78, 5) is 14.4. The van der Waals surface area contributed by atoms with Crippen LogP contribution in [-0.4, -0.2) is 38.8 Å². The fourth-order valence-corrected chi connectivity index (χ4v) is 5.18. The molecule has 5 heteroatoms. The van der Waals surface area contributed by atoms with E-state index in [-0.39, 0.29) is 5.92 Å². The standard InChI is InChI=1S/C24H25N3O2/c28-23(29)24-13-7-10-20(24)16-26(17-24)14-19-15-27(21-11-5-2-6-12-21)25-22(19)18-8-3-1-4-9-18/h1-6,8-9,11-12,15,20H,7,10,13-14,16-17H2,(H,28,29)/t20-,24+/m0/s1. The summed E-state index contributed by atoms with van der Waals surface area (Å²) in [5, 5.41) is 14.8.